The molecule has 0 radical (unpaired) electrons. The van der Waals surface area contributed by atoms with Gasteiger partial charge in [0.1, 0.15) is 8.07 Å². The molecule has 2 heteroatoms. The van der Waals surface area contributed by atoms with Crippen LogP contribution in [0.15, 0.2) is 103 Å². The van der Waals surface area contributed by atoms with Gasteiger partial charge in [-0.15, -0.1) is 0 Å². The molecule has 0 unspecified atom stereocenters. The fourth-order valence-corrected chi connectivity index (χ4v) is 8.19. The predicted octanol–water partition coefficient (Wildman–Crippen LogP) is 4.95. The predicted molar refractivity (Wildman–Crippen MR) is 118 cm³/mol. The van der Waals surface area contributed by atoms with Gasteiger partial charge in [0.15, 0.2) is 0 Å². The molecule has 0 fully saturated rings. The number of rotatable bonds is 7. The Morgan fingerprint density at radius 2 is 1.22 bits per heavy atom. The molecule has 0 aliphatic carbocycles. The second-order valence-corrected chi connectivity index (χ2v) is 11.5. The van der Waals surface area contributed by atoms with Crippen LogP contribution in [0.1, 0.15) is 25.0 Å². The summed E-state index contributed by atoms with van der Waals surface area (Å²) in [5.74, 6) is 0. The molecule has 0 amide bonds. The summed E-state index contributed by atoms with van der Waals surface area (Å²) < 4.78 is 0. The highest BCUT2D eigenvalue weighted by molar-refractivity contribution is 7.02. The van der Waals surface area contributed by atoms with Crippen molar-refractivity contribution in [3.05, 3.63) is 109 Å². The summed E-state index contributed by atoms with van der Waals surface area (Å²) in [5.41, 5.74) is 1.28. The first-order valence-corrected chi connectivity index (χ1v) is 12.2. The van der Waals surface area contributed by atoms with Crippen molar-refractivity contribution in [3.8, 4) is 0 Å². The first-order valence-electron chi connectivity index (χ1n) is 9.63. The summed E-state index contributed by atoms with van der Waals surface area (Å²) in [7, 11) is -2.09. The van der Waals surface area contributed by atoms with Gasteiger partial charge in [0.25, 0.3) is 0 Å². The number of allylic oxidation sites excluding steroid dienone is 2. The molecule has 0 spiro atoms. The number of benzene rings is 3. The van der Waals surface area contributed by atoms with Crippen molar-refractivity contribution in [2.75, 3.05) is 0 Å². The lowest BCUT2D eigenvalue weighted by molar-refractivity contribution is 0.168. The van der Waals surface area contributed by atoms with E-state index >= 15 is 0 Å². The third-order valence-electron chi connectivity index (χ3n) is 5.57. The SMILES string of the molecule is C/C=C/[C@H](C[C@@H](O)c1ccccc1)[Si](C)(c1ccccc1)c1ccccc1. The minimum Gasteiger partial charge on any atom is -0.388 e. The van der Waals surface area contributed by atoms with Gasteiger partial charge >= 0.3 is 0 Å². The van der Waals surface area contributed by atoms with E-state index in [2.05, 4.69) is 86.3 Å². The summed E-state index contributed by atoms with van der Waals surface area (Å²) in [6.45, 7) is 4.51. The van der Waals surface area contributed by atoms with Crippen LogP contribution < -0.4 is 10.4 Å². The van der Waals surface area contributed by atoms with Gasteiger partial charge in [-0.3, -0.25) is 0 Å². The van der Waals surface area contributed by atoms with Gasteiger partial charge in [-0.25, -0.2) is 0 Å². The van der Waals surface area contributed by atoms with Crippen LogP contribution in [-0.4, -0.2) is 13.2 Å². The van der Waals surface area contributed by atoms with Gasteiger partial charge in [-0.2, -0.15) is 0 Å². The average molecular weight is 373 g/mol. The molecule has 3 aromatic rings. The molecule has 0 bridgehead atoms. The Labute approximate surface area is 164 Å². The molecule has 0 aliphatic rings. The van der Waals surface area contributed by atoms with E-state index in [4.69, 9.17) is 0 Å². The van der Waals surface area contributed by atoms with E-state index < -0.39 is 14.2 Å². The second kappa shape index (κ2) is 8.98. The van der Waals surface area contributed by atoms with Crippen molar-refractivity contribution in [2.45, 2.75) is 31.5 Å². The summed E-state index contributed by atoms with van der Waals surface area (Å²) in [5, 5.41) is 13.8. The summed E-state index contributed by atoms with van der Waals surface area (Å²) in [4.78, 5) is 0. The Hall–Kier alpha value is -2.42. The van der Waals surface area contributed by atoms with Gasteiger partial charge < -0.3 is 5.11 Å². The number of aliphatic hydroxyl groups is 1. The quantitative estimate of drug-likeness (QED) is 0.459. The van der Waals surface area contributed by atoms with E-state index in [1.165, 1.54) is 10.4 Å². The van der Waals surface area contributed by atoms with Gasteiger partial charge in [-0.05, 0) is 24.4 Å². The van der Waals surface area contributed by atoms with Crippen LogP contribution in [0.5, 0.6) is 0 Å². The van der Waals surface area contributed by atoms with Crippen molar-refractivity contribution < 1.29 is 5.11 Å². The van der Waals surface area contributed by atoms with Crippen LogP contribution >= 0.6 is 0 Å². The zero-order chi connectivity index (χ0) is 19.1. The summed E-state index contributed by atoms with van der Waals surface area (Å²) in [6.07, 6.45) is 4.70. The highest BCUT2D eigenvalue weighted by Crippen LogP contribution is 2.33. The average Bonchev–Trinajstić information content (AvgIpc) is 2.74. The van der Waals surface area contributed by atoms with Crippen LogP contribution in [0.25, 0.3) is 0 Å². The summed E-state index contributed by atoms with van der Waals surface area (Å²) >= 11 is 0. The topological polar surface area (TPSA) is 20.2 Å². The third kappa shape index (κ3) is 4.29. The molecule has 0 saturated heterocycles. The monoisotopic (exact) mass is 372 g/mol. The Bertz CT molecular complexity index is 804. The van der Waals surface area contributed by atoms with Gasteiger partial charge in [-0.1, -0.05) is 120 Å². The maximum Gasteiger partial charge on any atom is 0.121 e. The molecular formula is C25H28OSi. The van der Waals surface area contributed by atoms with Crippen molar-refractivity contribution >= 4 is 18.4 Å². The van der Waals surface area contributed by atoms with Crippen molar-refractivity contribution in [2.24, 2.45) is 0 Å². The lowest BCUT2D eigenvalue weighted by Gasteiger charge is -2.36. The van der Waals surface area contributed by atoms with E-state index in [0.717, 1.165) is 12.0 Å². The third-order valence-corrected chi connectivity index (χ3v) is 10.6. The van der Waals surface area contributed by atoms with E-state index in [0.29, 0.717) is 5.54 Å². The molecule has 138 valence electrons. The van der Waals surface area contributed by atoms with Gasteiger partial charge in [0.05, 0.1) is 6.10 Å². The lowest BCUT2D eigenvalue weighted by Crippen LogP contribution is -2.59. The normalized spacial score (nSPS) is 14.2. The zero-order valence-corrected chi connectivity index (χ0v) is 17.1. The lowest BCUT2D eigenvalue weighted by atomic mass is 10.0. The van der Waals surface area contributed by atoms with E-state index in [9.17, 15) is 5.11 Å². The maximum absolute atomic E-state index is 11.0. The molecule has 0 aliphatic heterocycles. The smallest absolute Gasteiger partial charge is 0.121 e. The first kappa shape index (κ1) is 19.3. The number of hydrogen-bond donors (Lipinski definition) is 1. The molecule has 2 atom stereocenters. The van der Waals surface area contributed by atoms with E-state index in [-0.39, 0.29) is 0 Å². The van der Waals surface area contributed by atoms with Crippen LogP contribution in [0.2, 0.25) is 12.1 Å². The molecule has 27 heavy (non-hydrogen) atoms. The molecular weight excluding hydrogens is 344 g/mol. The number of aliphatic hydroxyl groups excluding tert-OH is 1. The van der Waals surface area contributed by atoms with E-state index in [1.807, 2.05) is 30.3 Å². The van der Waals surface area contributed by atoms with Crippen LogP contribution in [0, 0.1) is 0 Å². The molecule has 3 rings (SSSR count). The zero-order valence-electron chi connectivity index (χ0n) is 16.1. The minimum atomic E-state index is -2.09. The fraction of sp³-hybridized carbons (Fsp3) is 0.200. The molecule has 1 nitrogen and oxygen atoms in total. The first-order chi connectivity index (χ1) is 13.2. The van der Waals surface area contributed by atoms with E-state index in [1.54, 1.807) is 0 Å². The van der Waals surface area contributed by atoms with Crippen molar-refractivity contribution in [1.82, 2.24) is 0 Å². The molecule has 0 aromatic heterocycles. The van der Waals surface area contributed by atoms with Crippen molar-refractivity contribution in [1.29, 1.82) is 0 Å². The van der Waals surface area contributed by atoms with Crippen molar-refractivity contribution in [3.63, 3.8) is 0 Å². The maximum atomic E-state index is 11.0. The van der Waals surface area contributed by atoms with Gasteiger partial charge in [0, 0.05) is 0 Å². The Morgan fingerprint density at radius 3 is 1.67 bits per heavy atom. The number of hydrogen-bond acceptors (Lipinski definition) is 1. The molecule has 3 aromatic carbocycles. The highest BCUT2D eigenvalue weighted by Gasteiger charge is 2.39. The van der Waals surface area contributed by atoms with Crippen LogP contribution in [0.3, 0.4) is 0 Å². The standard InChI is InChI=1S/C25H28OSi/c1-3-13-24(20-25(26)21-14-7-4-8-15-21)27(2,22-16-9-5-10-17-22)23-18-11-6-12-19-23/h3-19,24-26H,20H2,1-2H3/b13-3+/t24-,25-/m1/s1. The minimum absolute atomic E-state index is 0.294. The Morgan fingerprint density at radius 1 is 0.778 bits per heavy atom. The van der Waals surface area contributed by atoms with Crippen LogP contribution in [-0.2, 0) is 0 Å². The van der Waals surface area contributed by atoms with Crippen LogP contribution in [0.4, 0.5) is 0 Å². The molecule has 1 N–H and O–H groups in total. The molecule has 0 heterocycles. The fourth-order valence-electron chi connectivity index (χ4n) is 3.95. The Kier molecular flexibility index (Phi) is 6.43. The second-order valence-electron chi connectivity index (χ2n) is 7.23. The summed E-state index contributed by atoms with van der Waals surface area (Å²) in [6, 6.07) is 31.7. The largest absolute Gasteiger partial charge is 0.388 e. The molecule has 0 saturated carbocycles. The van der Waals surface area contributed by atoms with Gasteiger partial charge in [0.2, 0.25) is 0 Å². The Balaban J connectivity index is 2.05. The highest BCUT2D eigenvalue weighted by atomic mass is 28.3.